The van der Waals surface area contributed by atoms with Crippen molar-refractivity contribution < 1.29 is 4.39 Å². The predicted molar refractivity (Wildman–Crippen MR) is 58.9 cm³/mol. The molecule has 0 aliphatic carbocycles. The molecule has 0 radical (unpaired) electrons. The van der Waals surface area contributed by atoms with E-state index in [1.807, 2.05) is 6.08 Å². The largest absolute Gasteiger partial charge is 0.206 e. The first-order valence-corrected chi connectivity index (χ1v) is 5.41. The Kier molecular flexibility index (Phi) is 4.46. The molecule has 1 rings (SSSR count). The molecule has 0 fully saturated rings. The number of hydrogen-bond donors (Lipinski definition) is 0. The molecule has 0 unspecified atom stereocenters. The van der Waals surface area contributed by atoms with Crippen LogP contribution in [-0.2, 0) is 0 Å². The zero-order chi connectivity index (χ0) is 9.68. The lowest BCUT2D eigenvalue weighted by Crippen LogP contribution is -1.80. The maximum Gasteiger partial charge on any atom is 0.131 e. The van der Waals surface area contributed by atoms with E-state index in [4.69, 9.17) is 11.6 Å². The molecule has 13 heavy (non-hydrogen) atoms. The molecule has 0 nitrogen and oxygen atoms in total. The molecule has 0 aliphatic rings. The van der Waals surface area contributed by atoms with Gasteiger partial charge in [-0.3, -0.25) is 0 Å². The summed E-state index contributed by atoms with van der Waals surface area (Å²) in [7, 11) is 0. The van der Waals surface area contributed by atoms with E-state index in [-0.39, 0.29) is 5.82 Å². The van der Waals surface area contributed by atoms with Gasteiger partial charge in [-0.05, 0) is 18.6 Å². The van der Waals surface area contributed by atoms with Gasteiger partial charge in [0.25, 0.3) is 0 Å². The van der Waals surface area contributed by atoms with Gasteiger partial charge in [0.15, 0.2) is 0 Å². The Balaban J connectivity index is 2.77. The van der Waals surface area contributed by atoms with Crippen molar-refractivity contribution in [2.24, 2.45) is 0 Å². The molecule has 1 aromatic rings. The van der Waals surface area contributed by atoms with Crippen LogP contribution in [0.5, 0.6) is 0 Å². The van der Waals surface area contributed by atoms with Crippen LogP contribution in [0.2, 0.25) is 5.02 Å². The SMILES string of the molecule is Fc1cc(Cl)ccc1C=CCCBr. The lowest BCUT2D eigenvalue weighted by Gasteiger charge is -1.96. The van der Waals surface area contributed by atoms with Gasteiger partial charge in [0.05, 0.1) is 0 Å². The fraction of sp³-hybridized carbons (Fsp3) is 0.200. The smallest absolute Gasteiger partial charge is 0.131 e. The normalized spacial score (nSPS) is 11.0. The van der Waals surface area contributed by atoms with Crippen LogP contribution in [-0.4, -0.2) is 5.33 Å². The minimum Gasteiger partial charge on any atom is -0.206 e. The lowest BCUT2D eigenvalue weighted by molar-refractivity contribution is 0.625. The van der Waals surface area contributed by atoms with Gasteiger partial charge in [0.2, 0.25) is 0 Å². The zero-order valence-corrected chi connectivity index (χ0v) is 9.28. The number of allylic oxidation sites excluding steroid dienone is 1. The van der Waals surface area contributed by atoms with Crippen molar-refractivity contribution >= 4 is 33.6 Å². The first-order chi connectivity index (χ1) is 6.24. The van der Waals surface area contributed by atoms with Gasteiger partial charge in [0, 0.05) is 15.9 Å². The quantitative estimate of drug-likeness (QED) is 0.714. The van der Waals surface area contributed by atoms with Gasteiger partial charge in [-0.2, -0.15) is 0 Å². The van der Waals surface area contributed by atoms with E-state index >= 15 is 0 Å². The Hall–Kier alpha value is -0.340. The Morgan fingerprint density at radius 3 is 2.85 bits per heavy atom. The van der Waals surface area contributed by atoms with Gasteiger partial charge in [0.1, 0.15) is 5.82 Å². The summed E-state index contributed by atoms with van der Waals surface area (Å²) >= 11 is 8.89. The van der Waals surface area contributed by atoms with Crippen molar-refractivity contribution in [2.45, 2.75) is 6.42 Å². The Bertz CT molecular complexity index is 310. The molecular weight excluding hydrogens is 254 g/mol. The molecule has 1 aromatic carbocycles. The summed E-state index contributed by atoms with van der Waals surface area (Å²) in [6.07, 6.45) is 4.57. The summed E-state index contributed by atoms with van der Waals surface area (Å²) in [6.45, 7) is 0. The maximum atomic E-state index is 13.1. The third-order valence-electron chi connectivity index (χ3n) is 1.54. The van der Waals surface area contributed by atoms with Gasteiger partial charge in [-0.15, -0.1) is 0 Å². The van der Waals surface area contributed by atoms with E-state index in [1.165, 1.54) is 6.07 Å². The van der Waals surface area contributed by atoms with Crippen molar-refractivity contribution in [1.82, 2.24) is 0 Å². The van der Waals surface area contributed by atoms with E-state index in [2.05, 4.69) is 15.9 Å². The summed E-state index contributed by atoms with van der Waals surface area (Å²) in [5.41, 5.74) is 0.574. The van der Waals surface area contributed by atoms with E-state index in [9.17, 15) is 4.39 Å². The molecule has 3 heteroatoms. The summed E-state index contributed by atoms with van der Waals surface area (Å²) in [4.78, 5) is 0. The van der Waals surface area contributed by atoms with Crippen LogP contribution in [0, 0.1) is 5.82 Å². The minimum absolute atomic E-state index is 0.279. The summed E-state index contributed by atoms with van der Waals surface area (Å²) in [5.74, 6) is -0.279. The van der Waals surface area contributed by atoms with E-state index in [0.717, 1.165) is 11.8 Å². The predicted octanol–water partition coefficient (Wildman–Crippen LogP) is 4.28. The highest BCUT2D eigenvalue weighted by Gasteiger charge is 1.97. The topological polar surface area (TPSA) is 0 Å². The fourth-order valence-corrected chi connectivity index (χ4v) is 1.33. The standard InChI is InChI=1S/C10H9BrClF/c11-6-2-1-3-8-4-5-9(12)7-10(8)13/h1,3-5,7H,2,6H2. The third kappa shape index (κ3) is 3.49. The number of hydrogen-bond acceptors (Lipinski definition) is 0. The van der Waals surface area contributed by atoms with Crippen LogP contribution in [0.1, 0.15) is 12.0 Å². The van der Waals surface area contributed by atoms with E-state index in [0.29, 0.717) is 10.6 Å². The number of alkyl halides is 1. The van der Waals surface area contributed by atoms with Crippen LogP contribution < -0.4 is 0 Å². The molecule has 0 N–H and O–H groups in total. The summed E-state index contributed by atoms with van der Waals surface area (Å²) in [5, 5.41) is 1.31. The molecule has 70 valence electrons. The molecule has 0 aromatic heterocycles. The van der Waals surface area contributed by atoms with Crippen LogP contribution in [0.3, 0.4) is 0 Å². The third-order valence-corrected chi connectivity index (χ3v) is 2.23. The fourth-order valence-electron chi connectivity index (χ4n) is 0.910. The molecule has 0 saturated heterocycles. The molecule has 0 atom stereocenters. The van der Waals surface area contributed by atoms with Crippen molar-refractivity contribution in [3.05, 3.63) is 40.7 Å². The number of rotatable bonds is 3. The van der Waals surface area contributed by atoms with E-state index in [1.54, 1.807) is 18.2 Å². The van der Waals surface area contributed by atoms with Crippen molar-refractivity contribution in [1.29, 1.82) is 0 Å². The minimum atomic E-state index is -0.279. The van der Waals surface area contributed by atoms with Crippen LogP contribution in [0.4, 0.5) is 4.39 Å². The highest BCUT2D eigenvalue weighted by molar-refractivity contribution is 9.09. The summed E-state index contributed by atoms with van der Waals surface area (Å²) < 4.78 is 13.1. The van der Waals surface area contributed by atoms with Crippen LogP contribution >= 0.6 is 27.5 Å². The van der Waals surface area contributed by atoms with Crippen molar-refractivity contribution in [3.63, 3.8) is 0 Å². The average molecular weight is 264 g/mol. The Labute approximate surface area is 90.5 Å². The van der Waals surface area contributed by atoms with Gasteiger partial charge in [-0.25, -0.2) is 4.39 Å². The molecule has 0 bridgehead atoms. The van der Waals surface area contributed by atoms with Gasteiger partial charge < -0.3 is 0 Å². The second kappa shape index (κ2) is 5.40. The molecule has 0 heterocycles. The number of halogens is 3. The highest BCUT2D eigenvalue weighted by Crippen LogP contribution is 2.15. The average Bonchev–Trinajstić information content (AvgIpc) is 2.09. The second-order valence-electron chi connectivity index (χ2n) is 2.55. The maximum absolute atomic E-state index is 13.1. The summed E-state index contributed by atoms with van der Waals surface area (Å²) in [6, 6.07) is 4.66. The van der Waals surface area contributed by atoms with Crippen molar-refractivity contribution in [2.75, 3.05) is 5.33 Å². The van der Waals surface area contributed by atoms with Crippen LogP contribution in [0.25, 0.3) is 6.08 Å². The van der Waals surface area contributed by atoms with E-state index < -0.39 is 0 Å². The highest BCUT2D eigenvalue weighted by atomic mass is 79.9. The first-order valence-electron chi connectivity index (χ1n) is 3.91. The molecule has 0 spiro atoms. The van der Waals surface area contributed by atoms with Crippen molar-refractivity contribution in [3.8, 4) is 0 Å². The Morgan fingerprint density at radius 1 is 1.46 bits per heavy atom. The molecule has 0 aliphatic heterocycles. The monoisotopic (exact) mass is 262 g/mol. The number of benzene rings is 1. The zero-order valence-electron chi connectivity index (χ0n) is 6.93. The second-order valence-corrected chi connectivity index (χ2v) is 3.78. The lowest BCUT2D eigenvalue weighted by atomic mass is 10.2. The van der Waals surface area contributed by atoms with Gasteiger partial charge >= 0.3 is 0 Å². The molecule has 0 saturated carbocycles. The van der Waals surface area contributed by atoms with Crippen LogP contribution in [0.15, 0.2) is 24.3 Å². The first kappa shape index (κ1) is 10.7. The molecular formula is C10H9BrClF. The molecule has 0 amide bonds. The Morgan fingerprint density at radius 2 is 2.23 bits per heavy atom. The van der Waals surface area contributed by atoms with Gasteiger partial charge in [-0.1, -0.05) is 45.7 Å².